The number of halogens is 3. The van der Waals surface area contributed by atoms with Crippen LogP contribution < -0.4 is 14.4 Å². The summed E-state index contributed by atoms with van der Waals surface area (Å²) >= 11 is 0. The number of aromatic hydroxyl groups is 1. The average Bonchev–Trinajstić information content (AvgIpc) is 3.02. The third-order valence-electron chi connectivity index (χ3n) is 6.03. The quantitative estimate of drug-likeness (QED) is 0.239. The van der Waals surface area contributed by atoms with Crippen LogP contribution in [0.2, 0.25) is 0 Å². The summed E-state index contributed by atoms with van der Waals surface area (Å²) in [6.07, 6.45) is -3.23. The summed E-state index contributed by atoms with van der Waals surface area (Å²) in [4.78, 5) is 1.87. The van der Waals surface area contributed by atoms with Gasteiger partial charge in [-0.05, 0) is 72.5 Å². The molecule has 6 nitrogen and oxygen atoms in total. The minimum Gasteiger partial charge on any atom is -0.504 e. The first-order valence-corrected chi connectivity index (χ1v) is 12.9. The summed E-state index contributed by atoms with van der Waals surface area (Å²) in [6, 6.07) is 24.9. The number of nitrogens with one attached hydrogen (secondary N) is 2. The maximum atomic E-state index is 13.2. The van der Waals surface area contributed by atoms with Crippen molar-refractivity contribution in [2.75, 3.05) is 9.62 Å². The zero-order valence-electron chi connectivity index (χ0n) is 19.3. The standard InChI is InChI=1S/C27H22F3N3O3S/c28-27(29,30)36-20-14-16-21(17-15-20)37(31,35)32-22-8-5-11-25(26(22)34)33-23-9-3-1-6-18(23)12-13-19-7-2-4-10-24(19)33/h1-11,14-17,34H,12-13H2,(H2,31,32,35)/t37-/m1/s1. The van der Waals surface area contributed by atoms with Crippen LogP contribution in [0.25, 0.3) is 0 Å². The highest BCUT2D eigenvalue weighted by atomic mass is 32.2. The third kappa shape index (κ3) is 5.05. The molecule has 0 spiro atoms. The Hall–Kier alpha value is -4.18. The van der Waals surface area contributed by atoms with Gasteiger partial charge in [-0.1, -0.05) is 42.5 Å². The number of hydrogen-bond acceptors (Lipinski definition) is 5. The molecule has 0 radical (unpaired) electrons. The van der Waals surface area contributed by atoms with Crippen LogP contribution in [-0.4, -0.2) is 15.7 Å². The van der Waals surface area contributed by atoms with E-state index in [9.17, 15) is 22.5 Å². The molecule has 0 unspecified atom stereocenters. The minimum atomic E-state index is -4.86. The summed E-state index contributed by atoms with van der Waals surface area (Å²) < 4.78 is 65.3. The number of phenolic OH excluding ortho intramolecular Hbond substituents is 1. The number of ether oxygens (including phenoxy) is 1. The van der Waals surface area contributed by atoms with Crippen LogP contribution in [0, 0.1) is 4.78 Å². The molecule has 3 N–H and O–H groups in total. The van der Waals surface area contributed by atoms with Crippen molar-refractivity contribution >= 4 is 32.7 Å². The molecule has 190 valence electrons. The van der Waals surface area contributed by atoms with E-state index in [4.69, 9.17) is 4.78 Å². The Morgan fingerprint density at radius 1 is 0.811 bits per heavy atom. The first-order chi connectivity index (χ1) is 17.6. The molecule has 1 heterocycles. The summed E-state index contributed by atoms with van der Waals surface area (Å²) in [7, 11) is -3.74. The van der Waals surface area contributed by atoms with E-state index in [0.717, 1.165) is 59.6 Å². The fourth-order valence-electron chi connectivity index (χ4n) is 4.38. The number of alkyl halides is 3. The molecule has 10 heteroatoms. The fourth-order valence-corrected chi connectivity index (χ4v) is 5.49. The van der Waals surface area contributed by atoms with Crippen LogP contribution in [0.3, 0.4) is 0 Å². The summed E-state index contributed by atoms with van der Waals surface area (Å²) in [5.41, 5.74) is 4.46. The topological polar surface area (TPSA) is 85.7 Å². The van der Waals surface area contributed by atoms with Crippen molar-refractivity contribution < 1.29 is 27.2 Å². The van der Waals surface area contributed by atoms with E-state index in [1.807, 2.05) is 53.4 Å². The first kappa shape index (κ1) is 24.5. The van der Waals surface area contributed by atoms with Crippen LogP contribution in [0.1, 0.15) is 11.1 Å². The summed E-state index contributed by atoms with van der Waals surface area (Å²) in [5, 5.41) is 11.3. The Labute approximate surface area is 212 Å². The zero-order chi connectivity index (χ0) is 26.2. The molecule has 0 saturated carbocycles. The largest absolute Gasteiger partial charge is 0.573 e. The van der Waals surface area contributed by atoms with Gasteiger partial charge in [0.2, 0.25) is 0 Å². The molecular weight excluding hydrogens is 503 g/mol. The molecule has 4 aromatic rings. The van der Waals surface area contributed by atoms with Gasteiger partial charge in [0.05, 0.1) is 16.3 Å². The van der Waals surface area contributed by atoms with Gasteiger partial charge in [-0.15, -0.1) is 13.2 Å². The Morgan fingerprint density at radius 2 is 1.35 bits per heavy atom. The fraction of sp³-hybridized carbons (Fsp3) is 0.111. The summed E-state index contributed by atoms with van der Waals surface area (Å²) in [5.74, 6) is -0.708. The number of aryl methyl sites for hydroxylation is 2. The van der Waals surface area contributed by atoms with E-state index in [1.165, 1.54) is 6.07 Å². The van der Waals surface area contributed by atoms with Crippen molar-refractivity contribution in [1.29, 1.82) is 4.78 Å². The number of phenols is 1. The molecular formula is C27H22F3N3O3S. The van der Waals surface area contributed by atoms with Crippen LogP contribution >= 0.6 is 0 Å². The van der Waals surface area contributed by atoms with E-state index >= 15 is 0 Å². The lowest BCUT2D eigenvalue weighted by molar-refractivity contribution is -0.274. The lowest BCUT2D eigenvalue weighted by Crippen LogP contribution is -2.17. The first-order valence-electron chi connectivity index (χ1n) is 11.3. The number of para-hydroxylation sites is 3. The van der Waals surface area contributed by atoms with Crippen molar-refractivity contribution in [3.63, 3.8) is 0 Å². The van der Waals surface area contributed by atoms with Crippen LogP contribution in [0.5, 0.6) is 11.5 Å². The lowest BCUT2D eigenvalue weighted by atomic mass is 10.0. The van der Waals surface area contributed by atoms with Gasteiger partial charge < -0.3 is 14.7 Å². The molecule has 1 atom stereocenters. The third-order valence-corrected chi connectivity index (χ3v) is 7.47. The molecule has 0 fully saturated rings. The molecule has 0 aliphatic carbocycles. The van der Waals surface area contributed by atoms with Gasteiger partial charge in [-0.25, -0.2) is 8.99 Å². The van der Waals surface area contributed by atoms with Crippen molar-refractivity contribution in [3.05, 3.63) is 102 Å². The maximum absolute atomic E-state index is 13.2. The van der Waals surface area contributed by atoms with E-state index < -0.39 is 22.0 Å². The van der Waals surface area contributed by atoms with Crippen molar-refractivity contribution in [2.45, 2.75) is 24.1 Å². The zero-order valence-corrected chi connectivity index (χ0v) is 20.1. The maximum Gasteiger partial charge on any atom is 0.573 e. The Kier molecular flexibility index (Phi) is 6.20. The van der Waals surface area contributed by atoms with Gasteiger partial charge in [0.15, 0.2) is 15.7 Å². The number of nitrogens with zero attached hydrogens (tertiary/aromatic N) is 1. The Bertz CT molecular complexity index is 1510. The van der Waals surface area contributed by atoms with Crippen LogP contribution in [-0.2, 0) is 22.8 Å². The highest BCUT2D eigenvalue weighted by molar-refractivity contribution is 7.93. The number of anilines is 4. The Morgan fingerprint density at radius 3 is 1.92 bits per heavy atom. The van der Waals surface area contributed by atoms with Gasteiger partial charge in [-0.3, -0.25) is 4.72 Å². The van der Waals surface area contributed by atoms with Crippen LogP contribution in [0.15, 0.2) is 95.9 Å². The monoisotopic (exact) mass is 525 g/mol. The van der Waals surface area contributed by atoms with Crippen molar-refractivity contribution in [3.8, 4) is 11.5 Å². The highest BCUT2D eigenvalue weighted by Gasteiger charge is 2.31. The van der Waals surface area contributed by atoms with E-state index in [2.05, 4.69) is 9.46 Å². The smallest absolute Gasteiger partial charge is 0.504 e. The molecule has 0 aromatic heterocycles. The number of hydrogen-bond donors (Lipinski definition) is 3. The average molecular weight is 526 g/mol. The molecule has 0 saturated heterocycles. The number of fused-ring (bicyclic) bond motifs is 2. The normalized spacial score (nSPS) is 14.6. The predicted molar refractivity (Wildman–Crippen MR) is 136 cm³/mol. The van der Waals surface area contributed by atoms with E-state index in [-0.39, 0.29) is 16.3 Å². The van der Waals surface area contributed by atoms with E-state index in [0.29, 0.717) is 5.69 Å². The molecule has 0 bridgehead atoms. The molecule has 0 amide bonds. The van der Waals surface area contributed by atoms with Crippen LogP contribution in [0.4, 0.5) is 35.9 Å². The minimum absolute atomic E-state index is 0.0485. The molecule has 1 aliphatic heterocycles. The lowest BCUT2D eigenvalue weighted by Gasteiger charge is -2.28. The second-order valence-corrected chi connectivity index (χ2v) is 10.2. The van der Waals surface area contributed by atoms with Crippen molar-refractivity contribution in [1.82, 2.24) is 0 Å². The predicted octanol–water partition coefficient (Wildman–Crippen LogP) is 7.29. The molecule has 5 rings (SSSR count). The molecule has 37 heavy (non-hydrogen) atoms. The summed E-state index contributed by atoms with van der Waals surface area (Å²) in [6.45, 7) is 0. The molecule has 4 aromatic carbocycles. The van der Waals surface area contributed by atoms with Crippen molar-refractivity contribution in [2.24, 2.45) is 0 Å². The second-order valence-electron chi connectivity index (χ2n) is 8.44. The Balaban J connectivity index is 1.52. The number of rotatable bonds is 5. The second kappa shape index (κ2) is 9.36. The van der Waals surface area contributed by atoms with E-state index in [1.54, 1.807) is 12.1 Å². The van der Waals surface area contributed by atoms with Gasteiger partial charge in [-0.2, -0.15) is 0 Å². The van der Waals surface area contributed by atoms with Gasteiger partial charge in [0.1, 0.15) is 5.75 Å². The van der Waals surface area contributed by atoms with Gasteiger partial charge >= 0.3 is 6.36 Å². The SMILES string of the molecule is N=[S@@](=O)(Nc1cccc(N2c3ccccc3CCc3ccccc32)c1O)c1ccc(OC(F)(F)F)cc1. The van der Waals surface area contributed by atoms with Gasteiger partial charge in [0, 0.05) is 11.4 Å². The molecule has 1 aliphatic rings. The van der Waals surface area contributed by atoms with Gasteiger partial charge in [0.25, 0.3) is 0 Å². The number of benzene rings is 4. The highest BCUT2D eigenvalue weighted by Crippen LogP contribution is 2.47.